The minimum absolute atomic E-state index is 0.0511. The summed E-state index contributed by atoms with van der Waals surface area (Å²) in [5, 5.41) is 1.16. The zero-order valence-corrected chi connectivity index (χ0v) is 11.6. The number of hydrogen-bond acceptors (Lipinski definition) is 0. The fraction of sp³-hybridized carbons (Fsp3) is 0.929. The van der Waals surface area contributed by atoms with Crippen LogP contribution in [0, 0.1) is 18.4 Å². The fourth-order valence-corrected chi connectivity index (χ4v) is 4.28. The van der Waals surface area contributed by atoms with E-state index in [1.165, 1.54) is 57.8 Å². The summed E-state index contributed by atoms with van der Waals surface area (Å²) >= 11 is 3.60. The van der Waals surface area contributed by atoms with Gasteiger partial charge in [0, 0.05) is 24.1 Å². The van der Waals surface area contributed by atoms with Gasteiger partial charge in [0.1, 0.15) is 0 Å². The Balaban J connectivity index is 1.98. The first kappa shape index (κ1) is 12.4. The van der Waals surface area contributed by atoms with Gasteiger partial charge in [-0.2, -0.15) is 0 Å². The molecule has 2 rings (SSSR count). The molecule has 0 aromatic carbocycles. The maximum Gasteiger partial charge on any atom is 0.235 e. The Morgan fingerprint density at radius 2 is 1.69 bits per heavy atom. The van der Waals surface area contributed by atoms with Crippen LogP contribution in [0.5, 0.6) is 0 Å². The molecule has 2 aliphatic carbocycles. The molecule has 0 amide bonds. The SMILES string of the molecule is [C-]#[N+]C1(C2CCC(CBr)CC2)CCCCC1. The van der Waals surface area contributed by atoms with Gasteiger partial charge in [0.25, 0.3) is 0 Å². The number of alkyl halides is 1. The minimum Gasteiger partial charge on any atom is -0.310 e. The van der Waals surface area contributed by atoms with Gasteiger partial charge in [0.05, 0.1) is 0 Å². The molecule has 2 heteroatoms. The van der Waals surface area contributed by atoms with Crippen molar-refractivity contribution in [2.24, 2.45) is 11.8 Å². The molecular formula is C14H22BrN. The van der Waals surface area contributed by atoms with E-state index in [-0.39, 0.29) is 5.54 Å². The van der Waals surface area contributed by atoms with Crippen LogP contribution in [-0.2, 0) is 0 Å². The fourth-order valence-electron chi connectivity index (χ4n) is 3.63. The number of rotatable bonds is 2. The third kappa shape index (κ3) is 2.45. The molecule has 0 radical (unpaired) electrons. The summed E-state index contributed by atoms with van der Waals surface area (Å²) in [6.45, 7) is 7.59. The molecule has 0 unspecified atom stereocenters. The first-order chi connectivity index (χ1) is 7.80. The largest absolute Gasteiger partial charge is 0.310 e. The Morgan fingerprint density at radius 3 is 2.19 bits per heavy atom. The normalized spacial score (nSPS) is 34.2. The van der Waals surface area contributed by atoms with Crippen molar-refractivity contribution < 1.29 is 0 Å². The van der Waals surface area contributed by atoms with E-state index in [1.54, 1.807) is 0 Å². The molecule has 1 nitrogen and oxygen atoms in total. The smallest absolute Gasteiger partial charge is 0.235 e. The third-order valence-electron chi connectivity index (χ3n) is 4.77. The van der Waals surface area contributed by atoms with Crippen LogP contribution in [0.4, 0.5) is 0 Å². The van der Waals surface area contributed by atoms with Crippen LogP contribution < -0.4 is 0 Å². The molecule has 0 aliphatic heterocycles. The summed E-state index contributed by atoms with van der Waals surface area (Å²) < 4.78 is 0. The molecule has 2 aliphatic rings. The predicted octanol–water partition coefficient (Wildman–Crippen LogP) is 4.81. The Hall–Kier alpha value is -0.0300. The van der Waals surface area contributed by atoms with Crippen LogP contribution in [0.1, 0.15) is 57.8 Å². The van der Waals surface area contributed by atoms with Crippen molar-refractivity contribution >= 4 is 15.9 Å². The summed E-state index contributed by atoms with van der Waals surface area (Å²) in [6, 6.07) is 0. The van der Waals surface area contributed by atoms with Crippen molar-refractivity contribution in [1.29, 1.82) is 0 Å². The molecule has 0 aromatic rings. The van der Waals surface area contributed by atoms with Gasteiger partial charge in [0.2, 0.25) is 5.54 Å². The summed E-state index contributed by atoms with van der Waals surface area (Å²) in [7, 11) is 0. The van der Waals surface area contributed by atoms with Gasteiger partial charge in [-0.05, 0) is 44.4 Å². The van der Waals surface area contributed by atoms with Gasteiger partial charge >= 0.3 is 0 Å². The average Bonchev–Trinajstić information content (AvgIpc) is 2.39. The zero-order valence-electron chi connectivity index (χ0n) is 10.1. The van der Waals surface area contributed by atoms with Crippen molar-refractivity contribution in [1.82, 2.24) is 0 Å². The van der Waals surface area contributed by atoms with E-state index < -0.39 is 0 Å². The van der Waals surface area contributed by atoms with Gasteiger partial charge in [-0.1, -0.05) is 22.4 Å². The molecule has 0 N–H and O–H groups in total. The average molecular weight is 284 g/mol. The lowest BCUT2D eigenvalue weighted by Crippen LogP contribution is -2.39. The molecule has 16 heavy (non-hydrogen) atoms. The van der Waals surface area contributed by atoms with E-state index in [4.69, 9.17) is 6.57 Å². The molecule has 2 saturated carbocycles. The highest BCUT2D eigenvalue weighted by Crippen LogP contribution is 2.45. The van der Waals surface area contributed by atoms with Crippen LogP contribution in [-0.4, -0.2) is 10.9 Å². The zero-order chi connectivity index (χ0) is 11.4. The summed E-state index contributed by atoms with van der Waals surface area (Å²) in [5.74, 6) is 1.59. The van der Waals surface area contributed by atoms with E-state index in [9.17, 15) is 0 Å². The van der Waals surface area contributed by atoms with E-state index in [0.717, 1.165) is 11.2 Å². The highest BCUT2D eigenvalue weighted by Gasteiger charge is 2.46. The van der Waals surface area contributed by atoms with Crippen LogP contribution >= 0.6 is 15.9 Å². The van der Waals surface area contributed by atoms with E-state index in [0.29, 0.717) is 5.92 Å². The van der Waals surface area contributed by atoms with E-state index in [2.05, 4.69) is 20.8 Å². The first-order valence-electron chi connectivity index (χ1n) is 6.75. The molecule has 0 aromatic heterocycles. The lowest BCUT2D eigenvalue weighted by Gasteiger charge is -2.37. The van der Waals surface area contributed by atoms with E-state index >= 15 is 0 Å². The molecule has 0 atom stereocenters. The second-order valence-electron chi connectivity index (χ2n) is 5.65. The Kier molecular flexibility index (Phi) is 4.30. The highest BCUT2D eigenvalue weighted by atomic mass is 79.9. The quantitative estimate of drug-likeness (QED) is 0.506. The highest BCUT2D eigenvalue weighted by molar-refractivity contribution is 9.09. The number of nitrogens with zero attached hydrogens (tertiary/aromatic N) is 1. The van der Waals surface area contributed by atoms with Crippen molar-refractivity contribution in [2.45, 2.75) is 63.3 Å². The van der Waals surface area contributed by atoms with E-state index in [1.807, 2.05) is 0 Å². The van der Waals surface area contributed by atoms with Gasteiger partial charge in [-0.3, -0.25) is 0 Å². The molecule has 0 heterocycles. The Morgan fingerprint density at radius 1 is 1.06 bits per heavy atom. The lowest BCUT2D eigenvalue weighted by atomic mass is 9.66. The van der Waals surface area contributed by atoms with Gasteiger partial charge in [-0.15, -0.1) is 0 Å². The third-order valence-corrected chi connectivity index (χ3v) is 5.68. The summed E-state index contributed by atoms with van der Waals surface area (Å²) in [4.78, 5) is 4.09. The molecule has 0 bridgehead atoms. The van der Waals surface area contributed by atoms with Crippen LogP contribution in [0.15, 0.2) is 0 Å². The van der Waals surface area contributed by atoms with Gasteiger partial charge in [0.15, 0.2) is 0 Å². The van der Waals surface area contributed by atoms with Crippen molar-refractivity contribution in [3.05, 3.63) is 11.4 Å². The molecule has 90 valence electrons. The van der Waals surface area contributed by atoms with Crippen molar-refractivity contribution in [2.75, 3.05) is 5.33 Å². The standard InChI is InChI=1S/C14H22BrN/c1-16-14(9-3-2-4-10-14)13-7-5-12(11-15)6-8-13/h12-13H,2-11H2. The summed E-state index contributed by atoms with van der Waals surface area (Å²) in [6.07, 6.45) is 11.6. The molecule has 2 fully saturated rings. The van der Waals surface area contributed by atoms with Crippen molar-refractivity contribution in [3.8, 4) is 0 Å². The Labute approximate surface area is 108 Å². The predicted molar refractivity (Wildman–Crippen MR) is 71.7 cm³/mol. The van der Waals surface area contributed by atoms with Gasteiger partial charge in [-0.25, -0.2) is 6.57 Å². The second-order valence-corrected chi connectivity index (χ2v) is 6.30. The maximum absolute atomic E-state index is 7.59. The maximum atomic E-state index is 7.59. The number of halogens is 1. The molecule has 0 saturated heterocycles. The molecular weight excluding hydrogens is 262 g/mol. The Bertz CT molecular complexity index is 254. The lowest BCUT2D eigenvalue weighted by molar-refractivity contribution is 0.169. The van der Waals surface area contributed by atoms with Gasteiger partial charge < -0.3 is 4.85 Å². The summed E-state index contributed by atoms with van der Waals surface area (Å²) in [5.41, 5.74) is 0.0511. The minimum atomic E-state index is 0.0511. The molecule has 0 spiro atoms. The second kappa shape index (κ2) is 5.54. The van der Waals surface area contributed by atoms with Crippen LogP contribution in [0.25, 0.3) is 4.85 Å². The van der Waals surface area contributed by atoms with Crippen LogP contribution in [0.3, 0.4) is 0 Å². The monoisotopic (exact) mass is 283 g/mol. The topological polar surface area (TPSA) is 4.36 Å². The van der Waals surface area contributed by atoms with Crippen LogP contribution in [0.2, 0.25) is 0 Å². The number of hydrogen-bond donors (Lipinski definition) is 0. The van der Waals surface area contributed by atoms with Crippen molar-refractivity contribution in [3.63, 3.8) is 0 Å². The first-order valence-corrected chi connectivity index (χ1v) is 7.87.